The lowest BCUT2D eigenvalue weighted by atomic mass is 9.91. The van der Waals surface area contributed by atoms with Gasteiger partial charge in [0.25, 0.3) is 5.91 Å². The zero-order chi connectivity index (χ0) is 56.7. The number of anilines is 4. The number of carbonyl (C=O) groups is 2. The van der Waals surface area contributed by atoms with Gasteiger partial charge in [-0.05, 0) is 109 Å². The number of aromatic amines is 1. The van der Waals surface area contributed by atoms with Gasteiger partial charge in [0.2, 0.25) is 5.91 Å². The van der Waals surface area contributed by atoms with Crippen LogP contribution in [0.25, 0.3) is 10.9 Å². The Morgan fingerprint density at radius 2 is 1.65 bits per heavy atom. The van der Waals surface area contributed by atoms with E-state index in [1.807, 2.05) is 42.0 Å². The molecule has 10 rings (SSSR count). The molecule has 2 aromatic carbocycles. The van der Waals surface area contributed by atoms with E-state index in [0.717, 1.165) is 98.5 Å². The SMILES string of the molecule is Cc1[nH]nc(Nc2ncnc3cc(OCCCN4CCN(c5ccc(C(=O)N6CCN(C[C@H]7CN[C@H](C)CN7CC(=O)N7CC(C)(C)c8ncc(Cc9ccc(F)cc9)cc87)C(C)C6)cn5)CC4)c(S(=O)(=O)C(C)(C)C)cc23)c1C. The van der Waals surface area contributed by atoms with Crippen molar-refractivity contribution >= 4 is 55.7 Å². The summed E-state index contributed by atoms with van der Waals surface area (Å²) in [5.74, 6) is 1.92. The first-order valence-corrected chi connectivity index (χ1v) is 29.5. The number of rotatable bonds is 16. The number of benzene rings is 2. The van der Waals surface area contributed by atoms with E-state index in [0.29, 0.717) is 73.7 Å². The molecule has 3 atom stereocenters. The minimum atomic E-state index is -3.82. The van der Waals surface area contributed by atoms with Gasteiger partial charge < -0.3 is 30.1 Å². The van der Waals surface area contributed by atoms with Gasteiger partial charge >= 0.3 is 0 Å². The van der Waals surface area contributed by atoms with Gasteiger partial charge in [-0.2, -0.15) is 5.10 Å². The molecule has 0 aliphatic carbocycles. The zero-order valence-electron chi connectivity index (χ0n) is 47.7. The number of piperazine rings is 3. The Labute approximate surface area is 469 Å². The Kier molecular flexibility index (Phi) is 16.3. The summed E-state index contributed by atoms with van der Waals surface area (Å²) < 4.78 is 46.8. The predicted molar refractivity (Wildman–Crippen MR) is 309 cm³/mol. The molecular formula is C59H77FN14O5S. The maximum Gasteiger partial charge on any atom is 0.255 e. The van der Waals surface area contributed by atoms with E-state index >= 15 is 0 Å². The van der Waals surface area contributed by atoms with E-state index in [1.54, 1.807) is 51.2 Å². The van der Waals surface area contributed by atoms with Crippen LogP contribution in [-0.4, -0.2) is 185 Å². The summed E-state index contributed by atoms with van der Waals surface area (Å²) in [6, 6.07) is 16.2. The number of hydrogen-bond donors (Lipinski definition) is 3. The van der Waals surface area contributed by atoms with Crippen LogP contribution in [0.4, 0.5) is 27.5 Å². The van der Waals surface area contributed by atoms with Crippen LogP contribution in [0.1, 0.15) is 93.3 Å². The van der Waals surface area contributed by atoms with E-state index in [2.05, 4.69) is 84.2 Å². The number of pyridine rings is 2. The van der Waals surface area contributed by atoms with E-state index in [-0.39, 0.29) is 51.8 Å². The average Bonchev–Trinajstić information content (AvgIpc) is 3.98. The lowest BCUT2D eigenvalue weighted by Crippen LogP contribution is -2.63. The van der Waals surface area contributed by atoms with Gasteiger partial charge in [-0.25, -0.2) is 27.8 Å². The molecule has 2 amide bonds. The highest BCUT2D eigenvalue weighted by molar-refractivity contribution is 7.92. The minimum absolute atomic E-state index is 0.0238. The first-order valence-electron chi connectivity index (χ1n) is 28.0. The Morgan fingerprint density at radius 1 is 0.875 bits per heavy atom. The fraction of sp³-hybridized carbons (Fsp3) is 0.508. The van der Waals surface area contributed by atoms with Crippen LogP contribution in [0.3, 0.4) is 0 Å². The Bertz CT molecular complexity index is 3330. The number of carbonyl (C=O) groups excluding carboxylic acids is 2. The van der Waals surface area contributed by atoms with Crippen LogP contribution in [0.5, 0.6) is 5.75 Å². The van der Waals surface area contributed by atoms with Gasteiger partial charge in [-0.15, -0.1) is 0 Å². The molecule has 1 unspecified atom stereocenters. The standard InChI is InChI=1S/C59H77FN14O5S/c1-38-32-73(35-53(75)74-36-59(8,9)54-49(74)26-43(29-63-54)25-42-11-14-45(60)15-12-42)46(31-61-38)34-71-22-23-72(33-39(71)2)57(76)44-13-16-52(62-30-44)70-20-18-69(19-21-70)17-10-24-79-50-28-48-47(27-51(50)80(77,78)58(5,6)7)56(65-37-64-48)66-55-40(3)41(4)67-68-55/h11-16,26-30,37-39,46,61H,10,17-25,31-36H2,1-9H3,(H2,64,65,66,67,68)/t38-,39?,46-/m1/s1. The number of fused-ring (bicyclic) bond motifs is 2. The topological polar surface area (TPSA) is 201 Å². The molecule has 4 aromatic heterocycles. The second kappa shape index (κ2) is 23.1. The van der Waals surface area contributed by atoms with Crippen molar-refractivity contribution in [1.29, 1.82) is 0 Å². The molecule has 3 N–H and O–H groups in total. The van der Waals surface area contributed by atoms with Crippen LogP contribution in [-0.2, 0) is 26.5 Å². The Balaban J connectivity index is 0.692. The second-order valence-electron chi connectivity index (χ2n) is 23.9. The van der Waals surface area contributed by atoms with Gasteiger partial charge in [0.15, 0.2) is 15.7 Å². The van der Waals surface area contributed by atoms with Gasteiger partial charge in [0.1, 0.15) is 34.4 Å². The summed E-state index contributed by atoms with van der Waals surface area (Å²) in [7, 11) is -3.82. The average molecular weight is 1110 g/mol. The van der Waals surface area contributed by atoms with Crippen molar-refractivity contribution in [3.63, 3.8) is 0 Å². The van der Waals surface area contributed by atoms with Gasteiger partial charge in [-0.3, -0.25) is 34.4 Å². The van der Waals surface area contributed by atoms with Crippen molar-refractivity contribution in [1.82, 2.24) is 55.0 Å². The maximum atomic E-state index is 14.4. The van der Waals surface area contributed by atoms with Gasteiger partial charge in [-0.1, -0.05) is 26.0 Å². The van der Waals surface area contributed by atoms with Gasteiger partial charge in [0.05, 0.1) is 40.4 Å². The molecule has 4 aliphatic heterocycles. The molecule has 19 nitrogen and oxygen atoms in total. The van der Waals surface area contributed by atoms with Crippen molar-refractivity contribution in [2.24, 2.45) is 0 Å². The smallest absolute Gasteiger partial charge is 0.255 e. The summed E-state index contributed by atoms with van der Waals surface area (Å²) >= 11 is 0. The summed E-state index contributed by atoms with van der Waals surface area (Å²) in [6.07, 6.45) is 6.32. The van der Waals surface area contributed by atoms with Crippen molar-refractivity contribution in [3.05, 3.63) is 113 Å². The van der Waals surface area contributed by atoms with Crippen LogP contribution in [0.2, 0.25) is 0 Å². The Hall–Kier alpha value is -6.65. The van der Waals surface area contributed by atoms with E-state index in [4.69, 9.17) is 14.7 Å². The molecule has 0 bridgehead atoms. The maximum absolute atomic E-state index is 14.4. The highest BCUT2D eigenvalue weighted by Crippen LogP contribution is 2.41. The third kappa shape index (κ3) is 12.2. The fourth-order valence-electron chi connectivity index (χ4n) is 11.4. The molecule has 4 aliphatic rings. The van der Waals surface area contributed by atoms with Crippen molar-refractivity contribution in [2.75, 3.05) is 107 Å². The largest absolute Gasteiger partial charge is 0.492 e. The molecule has 0 spiro atoms. The number of H-pyrrole nitrogens is 1. The normalized spacial score (nSPS) is 20.3. The van der Waals surface area contributed by atoms with E-state index < -0.39 is 14.6 Å². The van der Waals surface area contributed by atoms with Crippen LogP contribution < -0.4 is 25.2 Å². The molecule has 6 aromatic rings. The lowest BCUT2D eigenvalue weighted by molar-refractivity contribution is -0.121. The number of aryl methyl sites for hydroxylation is 1. The number of halogens is 1. The highest BCUT2D eigenvalue weighted by Gasteiger charge is 2.42. The second-order valence-corrected chi connectivity index (χ2v) is 26.6. The Morgan fingerprint density at radius 3 is 2.35 bits per heavy atom. The molecular weight excluding hydrogens is 1040 g/mol. The molecule has 3 fully saturated rings. The summed E-state index contributed by atoms with van der Waals surface area (Å²) in [5.41, 5.74) is 6.42. The van der Waals surface area contributed by atoms with Gasteiger partial charge in [0, 0.05) is 137 Å². The molecule has 0 saturated carbocycles. The molecule has 0 radical (unpaired) electrons. The number of hydrogen-bond acceptors (Lipinski definition) is 16. The summed E-state index contributed by atoms with van der Waals surface area (Å²) in [6.45, 7) is 26.9. The van der Waals surface area contributed by atoms with Crippen molar-refractivity contribution in [2.45, 2.75) is 108 Å². The number of aromatic nitrogens is 6. The first-order chi connectivity index (χ1) is 38.1. The van der Waals surface area contributed by atoms with Crippen LogP contribution in [0, 0.1) is 19.7 Å². The third-order valence-electron chi connectivity index (χ3n) is 16.4. The number of amides is 2. The lowest BCUT2D eigenvalue weighted by Gasteiger charge is -2.45. The highest BCUT2D eigenvalue weighted by atomic mass is 32.2. The third-order valence-corrected chi connectivity index (χ3v) is 19.0. The van der Waals surface area contributed by atoms with Crippen LogP contribution in [0.15, 0.2) is 78.2 Å². The summed E-state index contributed by atoms with van der Waals surface area (Å²) in [5, 5.41) is 14.8. The van der Waals surface area contributed by atoms with Crippen molar-refractivity contribution in [3.8, 4) is 5.75 Å². The van der Waals surface area contributed by atoms with E-state index in [1.165, 1.54) is 18.5 Å². The number of nitrogens with one attached hydrogen (secondary N) is 3. The number of sulfone groups is 1. The zero-order valence-corrected chi connectivity index (χ0v) is 48.5. The molecule has 8 heterocycles. The molecule has 3 saturated heterocycles. The molecule has 426 valence electrons. The quantitative estimate of drug-likeness (QED) is 0.0883. The molecule has 80 heavy (non-hydrogen) atoms. The van der Waals surface area contributed by atoms with E-state index in [9.17, 15) is 22.4 Å². The minimum Gasteiger partial charge on any atom is -0.492 e. The molecule has 21 heteroatoms. The van der Waals surface area contributed by atoms with Crippen molar-refractivity contribution < 1.29 is 27.1 Å². The predicted octanol–water partition coefficient (Wildman–Crippen LogP) is 6.53. The number of nitrogens with zero attached hydrogens (tertiary/aromatic N) is 11. The first kappa shape index (κ1) is 56.6. The monoisotopic (exact) mass is 1110 g/mol. The van der Waals surface area contributed by atoms with Crippen LogP contribution >= 0.6 is 0 Å². The number of ether oxygens (including phenoxy) is 1. The summed E-state index contributed by atoms with van der Waals surface area (Å²) in [4.78, 5) is 60.2. The fourth-order valence-corrected chi connectivity index (χ4v) is 12.7.